The Morgan fingerprint density at radius 1 is 0.971 bits per heavy atom. The summed E-state index contributed by atoms with van der Waals surface area (Å²) < 4.78 is 38.6. The molecular weight excluding hydrogens is 456 g/mol. The van der Waals surface area contributed by atoms with E-state index in [1.165, 1.54) is 25.3 Å². The minimum absolute atomic E-state index is 0.0462. The van der Waals surface area contributed by atoms with Crippen LogP contribution >= 0.6 is 0 Å². The van der Waals surface area contributed by atoms with Gasteiger partial charge in [0.15, 0.2) is 0 Å². The number of amides is 1. The molecule has 0 bridgehead atoms. The van der Waals surface area contributed by atoms with E-state index < -0.39 is 28.4 Å². The molecule has 0 aliphatic rings. The van der Waals surface area contributed by atoms with Gasteiger partial charge >= 0.3 is 5.97 Å². The van der Waals surface area contributed by atoms with Crippen molar-refractivity contribution in [3.63, 3.8) is 0 Å². The summed E-state index contributed by atoms with van der Waals surface area (Å²) in [6.07, 6.45) is 0. The number of hydrogen-bond acceptors (Lipinski definition) is 6. The van der Waals surface area contributed by atoms with Crippen molar-refractivity contribution in [3.8, 4) is 5.75 Å². The lowest BCUT2D eigenvalue weighted by Gasteiger charge is -2.26. The molecule has 0 fully saturated rings. The normalized spacial score (nSPS) is 10.9. The van der Waals surface area contributed by atoms with Crippen LogP contribution in [0.25, 0.3) is 0 Å². The van der Waals surface area contributed by atoms with Crippen LogP contribution in [0.4, 0.5) is 11.4 Å². The van der Waals surface area contributed by atoms with Crippen molar-refractivity contribution in [3.05, 3.63) is 83.9 Å². The zero-order valence-corrected chi connectivity index (χ0v) is 20.0. The standard InChI is InChI=1S/C25H26N2O6S/c1-4-33-23-11-6-5-10-22(23)27(34(30,31)21-14-12-18(2)13-15-21)17-24(28)26-20-9-7-8-19(16-20)25(29)32-3/h5-16H,4,17H2,1-3H3,(H,26,28). The first-order chi connectivity index (χ1) is 16.3. The number of hydrogen-bond donors (Lipinski definition) is 1. The van der Waals surface area contributed by atoms with Crippen LogP contribution in [0.5, 0.6) is 5.75 Å². The first kappa shape index (κ1) is 24.8. The van der Waals surface area contributed by atoms with Gasteiger partial charge in [-0.1, -0.05) is 35.9 Å². The first-order valence-corrected chi connectivity index (χ1v) is 12.0. The van der Waals surface area contributed by atoms with Crippen LogP contribution in [-0.4, -0.2) is 40.6 Å². The van der Waals surface area contributed by atoms with Crippen molar-refractivity contribution in [2.24, 2.45) is 0 Å². The summed E-state index contributed by atoms with van der Waals surface area (Å²) >= 11 is 0. The number of ether oxygens (including phenoxy) is 2. The van der Waals surface area contributed by atoms with Crippen molar-refractivity contribution in [2.45, 2.75) is 18.7 Å². The quantitative estimate of drug-likeness (QED) is 0.462. The van der Waals surface area contributed by atoms with Crippen LogP contribution in [0.3, 0.4) is 0 Å². The molecule has 0 saturated carbocycles. The second kappa shape index (κ2) is 10.8. The lowest BCUT2D eigenvalue weighted by Crippen LogP contribution is -2.38. The van der Waals surface area contributed by atoms with Crippen LogP contribution in [0.2, 0.25) is 0 Å². The number of aryl methyl sites for hydroxylation is 1. The highest BCUT2D eigenvalue weighted by Gasteiger charge is 2.29. The number of carbonyl (C=O) groups is 2. The number of methoxy groups -OCH3 is 1. The smallest absolute Gasteiger partial charge is 0.337 e. The number of carbonyl (C=O) groups excluding carboxylic acids is 2. The van der Waals surface area contributed by atoms with Gasteiger partial charge in [0.05, 0.1) is 29.9 Å². The van der Waals surface area contributed by atoms with E-state index in [1.807, 2.05) is 6.92 Å². The van der Waals surface area contributed by atoms with E-state index in [2.05, 4.69) is 5.32 Å². The van der Waals surface area contributed by atoms with E-state index in [1.54, 1.807) is 61.5 Å². The summed E-state index contributed by atoms with van der Waals surface area (Å²) in [6, 6.07) is 19.2. The van der Waals surface area contributed by atoms with Crippen LogP contribution in [0.15, 0.2) is 77.7 Å². The number of rotatable bonds is 9. The van der Waals surface area contributed by atoms with E-state index >= 15 is 0 Å². The number of benzene rings is 3. The van der Waals surface area contributed by atoms with Gasteiger partial charge in [-0.2, -0.15) is 0 Å². The van der Waals surface area contributed by atoms with Gasteiger partial charge in [0.2, 0.25) is 5.91 Å². The average Bonchev–Trinajstić information content (AvgIpc) is 2.83. The maximum absolute atomic E-state index is 13.6. The number of esters is 1. The molecule has 0 aromatic heterocycles. The van der Waals surface area contributed by atoms with Crippen LogP contribution in [0.1, 0.15) is 22.8 Å². The molecule has 0 radical (unpaired) electrons. The third-order valence-corrected chi connectivity index (χ3v) is 6.67. The summed E-state index contributed by atoms with van der Waals surface area (Å²) in [7, 11) is -2.85. The van der Waals surface area contributed by atoms with E-state index in [0.29, 0.717) is 18.0 Å². The van der Waals surface area contributed by atoms with Crippen LogP contribution < -0.4 is 14.4 Å². The van der Waals surface area contributed by atoms with Crippen molar-refractivity contribution >= 4 is 33.3 Å². The fraction of sp³-hybridized carbons (Fsp3) is 0.200. The Morgan fingerprint density at radius 2 is 1.68 bits per heavy atom. The van der Waals surface area contributed by atoms with Gasteiger partial charge in [0, 0.05) is 5.69 Å². The summed E-state index contributed by atoms with van der Waals surface area (Å²) in [5, 5.41) is 2.65. The zero-order chi connectivity index (χ0) is 24.7. The molecule has 1 N–H and O–H groups in total. The monoisotopic (exact) mass is 482 g/mol. The summed E-state index contributed by atoms with van der Waals surface area (Å²) in [6.45, 7) is 3.45. The fourth-order valence-electron chi connectivity index (χ4n) is 3.25. The highest BCUT2D eigenvalue weighted by molar-refractivity contribution is 7.92. The van der Waals surface area contributed by atoms with Gasteiger partial charge in [-0.3, -0.25) is 9.10 Å². The topological polar surface area (TPSA) is 102 Å². The highest BCUT2D eigenvalue weighted by atomic mass is 32.2. The van der Waals surface area contributed by atoms with Gasteiger partial charge in [0.1, 0.15) is 12.3 Å². The Hall–Kier alpha value is -3.85. The molecule has 0 heterocycles. The average molecular weight is 483 g/mol. The molecular formula is C25H26N2O6S. The van der Waals surface area contributed by atoms with Gasteiger partial charge in [-0.15, -0.1) is 0 Å². The molecule has 3 rings (SSSR count). The molecule has 8 nitrogen and oxygen atoms in total. The Morgan fingerprint density at radius 3 is 2.35 bits per heavy atom. The lowest BCUT2D eigenvalue weighted by molar-refractivity contribution is -0.114. The molecule has 0 atom stereocenters. The summed E-state index contributed by atoms with van der Waals surface area (Å²) in [4.78, 5) is 24.8. The Balaban J connectivity index is 1.97. The molecule has 0 aliphatic carbocycles. The van der Waals surface area contributed by atoms with Gasteiger partial charge in [0.25, 0.3) is 10.0 Å². The number of anilines is 2. The molecule has 3 aromatic rings. The fourth-order valence-corrected chi connectivity index (χ4v) is 4.68. The highest BCUT2D eigenvalue weighted by Crippen LogP contribution is 2.32. The maximum Gasteiger partial charge on any atom is 0.337 e. The maximum atomic E-state index is 13.6. The Labute approximate surface area is 199 Å². The predicted octanol–water partition coefficient (Wildman–Crippen LogP) is 4.01. The number of para-hydroxylation sites is 2. The van der Waals surface area contributed by atoms with Crippen molar-refractivity contribution in [1.29, 1.82) is 0 Å². The third kappa shape index (κ3) is 5.74. The second-order valence-electron chi connectivity index (χ2n) is 7.35. The van der Waals surface area contributed by atoms with E-state index in [-0.39, 0.29) is 16.1 Å². The molecule has 178 valence electrons. The first-order valence-electron chi connectivity index (χ1n) is 10.6. The molecule has 9 heteroatoms. The van der Waals surface area contributed by atoms with Crippen LogP contribution in [-0.2, 0) is 19.6 Å². The van der Waals surface area contributed by atoms with E-state index in [0.717, 1.165) is 9.87 Å². The molecule has 34 heavy (non-hydrogen) atoms. The number of sulfonamides is 1. The predicted molar refractivity (Wildman–Crippen MR) is 130 cm³/mol. The van der Waals surface area contributed by atoms with Gasteiger partial charge in [-0.05, 0) is 56.3 Å². The second-order valence-corrected chi connectivity index (χ2v) is 9.21. The van der Waals surface area contributed by atoms with Gasteiger partial charge in [-0.25, -0.2) is 13.2 Å². The Kier molecular flexibility index (Phi) is 7.91. The number of nitrogens with one attached hydrogen (secondary N) is 1. The van der Waals surface area contributed by atoms with Crippen molar-refractivity contribution in [1.82, 2.24) is 0 Å². The van der Waals surface area contributed by atoms with Gasteiger partial charge < -0.3 is 14.8 Å². The van der Waals surface area contributed by atoms with Crippen molar-refractivity contribution < 1.29 is 27.5 Å². The third-order valence-electron chi connectivity index (χ3n) is 4.90. The largest absolute Gasteiger partial charge is 0.492 e. The minimum atomic E-state index is -4.11. The molecule has 1 amide bonds. The SMILES string of the molecule is CCOc1ccccc1N(CC(=O)Nc1cccc(C(=O)OC)c1)S(=O)(=O)c1ccc(C)cc1. The molecule has 0 aliphatic heterocycles. The summed E-state index contributed by atoms with van der Waals surface area (Å²) in [5.74, 6) is -0.810. The zero-order valence-electron chi connectivity index (χ0n) is 19.1. The molecule has 0 saturated heterocycles. The molecule has 0 unspecified atom stereocenters. The molecule has 3 aromatic carbocycles. The molecule has 0 spiro atoms. The summed E-state index contributed by atoms with van der Waals surface area (Å²) in [5.41, 5.74) is 1.73. The number of nitrogens with zero attached hydrogens (tertiary/aromatic N) is 1. The van der Waals surface area contributed by atoms with E-state index in [4.69, 9.17) is 9.47 Å². The van der Waals surface area contributed by atoms with Crippen molar-refractivity contribution in [2.75, 3.05) is 29.9 Å². The van der Waals surface area contributed by atoms with Crippen LogP contribution in [0, 0.1) is 6.92 Å². The minimum Gasteiger partial charge on any atom is -0.492 e. The Bertz CT molecular complexity index is 1270. The van der Waals surface area contributed by atoms with E-state index in [9.17, 15) is 18.0 Å². The lowest BCUT2D eigenvalue weighted by atomic mass is 10.2.